The summed E-state index contributed by atoms with van der Waals surface area (Å²) in [7, 11) is -2.47. The van der Waals surface area contributed by atoms with E-state index in [9.17, 15) is 13.2 Å². The fourth-order valence-electron chi connectivity index (χ4n) is 1.72. The fourth-order valence-corrected chi connectivity index (χ4v) is 2.65. The Labute approximate surface area is 122 Å². The molecule has 8 heteroatoms. The number of aryl methyl sites for hydroxylation is 1. The third kappa shape index (κ3) is 3.47. The second-order valence-corrected chi connectivity index (χ2v) is 5.92. The number of hydrogen-bond donors (Lipinski definition) is 1. The zero-order valence-corrected chi connectivity index (χ0v) is 12.3. The Balaban J connectivity index is 2.22. The van der Waals surface area contributed by atoms with Gasteiger partial charge in [-0.1, -0.05) is 0 Å². The van der Waals surface area contributed by atoms with E-state index >= 15 is 0 Å². The van der Waals surface area contributed by atoms with Crippen LogP contribution in [0.5, 0.6) is 0 Å². The number of ether oxygens (including phenoxy) is 1. The molecule has 7 nitrogen and oxygen atoms in total. The van der Waals surface area contributed by atoms with Gasteiger partial charge in [-0.25, -0.2) is 13.1 Å². The van der Waals surface area contributed by atoms with Crippen molar-refractivity contribution in [3.8, 4) is 0 Å². The van der Waals surface area contributed by atoms with Gasteiger partial charge in [0.05, 0.1) is 5.56 Å². The predicted octanol–water partition coefficient (Wildman–Crippen LogP) is 1.25. The lowest BCUT2D eigenvalue weighted by Gasteiger charge is -2.05. The van der Waals surface area contributed by atoms with E-state index in [0.29, 0.717) is 11.5 Å². The number of furan rings is 1. The summed E-state index contributed by atoms with van der Waals surface area (Å²) in [6.45, 7) is 1.77. The maximum Gasteiger partial charge on any atom is 0.268 e. The summed E-state index contributed by atoms with van der Waals surface area (Å²) in [6, 6.07) is 4.27. The first-order valence-electron chi connectivity index (χ1n) is 5.99. The first-order chi connectivity index (χ1) is 9.94. The second kappa shape index (κ2) is 6.06. The zero-order valence-electron chi connectivity index (χ0n) is 11.5. The van der Waals surface area contributed by atoms with Crippen LogP contribution < -0.4 is 4.72 Å². The highest BCUT2D eigenvalue weighted by Gasteiger charge is 2.22. The molecule has 2 heterocycles. The van der Waals surface area contributed by atoms with Crippen molar-refractivity contribution in [3.63, 3.8) is 0 Å². The van der Waals surface area contributed by atoms with Crippen molar-refractivity contribution in [2.75, 3.05) is 7.11 Å². The SMILES string of the molecule is COCc1cc(C(=O)NS(=O)(=O)c2cccnc2)c(C)o1. The molecule has 0 atom stereocenters. The largest absolute Gasteiger partial charge is 0.463 e. The first-order valence-corrected chi connectivity index (χ1v) is 7.48. The van der Waals surface area contributed by atoms with Crippen LogP contribution >= 0.6 is 0 Å². The maximum absolute atomic E-state index is 12.1. The van der Waals surface area contributed by atoms with Crippen LogP contribution in [0.15, 0.2) is 39.9 Å². The van der Waals surface area contributed by atoms with E-state index in [2.05, 4.69) is 4.98 Å². The average molecular weight is 310 g/mol. The lowest BCUT2D eigenvalue weighted by Crippen LogP contribution is -2.30. The summed E-state index contributed by atoms with van der Waals surface area (Å²) in [5, 5.41) is 0. The molecule has 0 spiro atoms. The molecule has 2 rings (SSSR count). The van der Waals surface area contributed by atoms with Crippen LogP contribution in [-0.2, 0) is 21.4 Å². The molecule has 0 bridgehead atoms. The summed E-state index contributed by atoms with van der Waals surface area (Å²) in [6.07, 6.45) is 2.60. The van der Waals surface area contributed by atoms with Gasteiger partial charge in [0.15, 0.2) is 0 Å². The number of rotatable bonds is 5. The third-order valence-electron chi connectivity index (χ3n) is 2.67. The minimum atomic E-state index is -3.96. The lowest BCUT2D eigenvalue weighted by molar-refractivity contribution is 0.0980. The molecule has 21 heavy (non-hydrogen) atoms. The molecule has 0 aliphatic rings. The van der Waals surface area contributed by atoms with Crippen LogP contribution in [0, 0.1) is 6.92 Å². The van der Waals surface area contributed by atoms with Gasteiger partial charge in [0.1, 0.15) is 23.0 Å². The van der Waals surface area contributed by atoms with Gasteiger partial charge in [-0.05, 0) is 25.1 Å². The number of aromatic nitrogens is 1. The lowest BCUT2D eigenvalue weighted by atomic mass is 10.2. The monoisotopic (exact) mass is 310 g/mol. The van der Waals surface area contributed by atoms with Gasteiger partial charge < -0.3 is 9.15 Å². The van der Waals surface area contributed by atoms with Gasteiger partial charge >= 0.3 is 0 Å². The number of amides is 1. The molecule has 0 aliphatic heterocycles. The van der Waals surface area contributed by atoms with E-state index < -0.39 is 15.9 Å². The molecule has 1 amide bonds. The minimum absolute atomic E-state index is 0.0865. The quantitative estimate of drug-likeness (QED) is 0.892. The Morgan fingerprint density at radius 3 is 2.86 bits per heavy atom. The van der Waals surface area contributed by atoms with Gasteiger partial charge in [0.2, 0.25) is 0 Å². The van der Waals surface area contributed by atoms with Crippen LogP contribution in [0.25, 0.3) is 0 Å². The van der Waals surface area contributed by atoms with Gasteiger partial charge in [-0.15, -0.1) is 0 Å². The molecule has 0 aromatic carbocycles. The van der Waals surface area contributed by atoms with E-state index in [1.807, 2.05) is 4.72 Å². The van der Waals surface area contributed by atoms with Crippen molar-refractivity contribution >= 4 is 15.9 Å². The van der Waals surface area contributed by atoms with E-state index in [4.69, 9.17) is 9.15 Å². The molecule has 0 radical (unpaired) electrons. The second-order valence-electron chi connectivity index (χ2n) is 4.24. The van der Waals surface area contributed by atoms with Crippen LogP contribution in [0.3, 0.4) is 0 Å². The highest BCUT2D eigenvalue weighted by Crippen LogP contribution is 2.16. The molecule has 2 aromatic rings. The number of sulfonamides is 1. The number of nitrogens with one attached hydrogen (secondary N) is 1. The Kier molecular flexibility index (Phi) is 4.39. The molecule has 1 N–H and O–H groups in total. The molecular formula is C13H14N2O5S. The molecule has 0 fully saturated rings. The topological polar surface area (TPSA) is 98.5 Å². The molecule has 112 valence electrons. The van der Waals surface area contributed by atoms with Crippen LogP contribution in [0.4, 0.5) is 0 Å². The Morgan fingerprint density at radius 1 is 1.48 bits per heavy atom. The fraction of sp³-hybridized carbons (Fsp3) is 0.231. The van der Waals surface area contributed by atoms with E-state index in [-0.39, 0.29) is 17.1 Å². The van der Waals surface area contributed by atoms with Gasteiger partial charge in [0, 0.05) is 19.5 Å². The molecule has 2 aromatic heterocycles. The van der Waals surface area contributed by atoms with E-state index in [1.54, 1.807) is 6.92 Å². The minimum Gasteiger partial charge on any atom is -0.463 e. The van der Waals surface area contributed by atoms with Crippen LogP contribution in [-0.4, -0.2) is 26.4 Å². The molecule has 0 saturated heterocycles. The van der Waals surface area contributed by atoms with Crippen molar-refractivity contribution in [1.29, 1.82) is 0 Å². The highest BCUT2D eigenvalue weighted by atomic mass is 32.2. The smallest absolute Gasteiger partial charge is 0.268 e. The van der Waals surface area contributed by atoms with E-state index in [1.165, 1.54) is 31.5 Å². The number of carbonyl (C=O) groups excluding carboxylic acids is 1. The van der Waals surface area contributed by atoms with Crippen molar-refractivity contribution in [2.24, 2.45) is 0 Å². The summed E-state index contributed by atoms with van der Waals surface area (Å²) >= 11 is 0. The summed E-state index contributed by atoms with van der Waals surface area (Å²) in [4.78, 5) is 15.7. The van der Waals surface area contributed by atoms with Gasteiger partial charge in [-0.2, -0.15) is 0 Å². The van der Waals surface area contributed by atoms with Crippen molar-refractivity contribution in [3.05, 3.63) is 47.7 Å². The predicted molar refractivity (Wildman–Crippen MR) is 73.0 cm³/mol. The van der Waals surface area contributed by atoms with Crippen molar-refractivity contribution in [2.45, 2.75) is 18.4 Å². The molecule has 0 aliphatic carbocycles. The molecular weight excluding hydrogens is 296 g/mol. The van der Waals surface area contributed by atoms with Crippen LogP contribution in [0.2, 0.25) is 0 Å². The van der Waals surface area contributed by atoms with Crippen molar-refractivity contribution in [1.82, 2.24) is 9.71 Å². The normalized spacial score (nSPS) is 11.3. The maximum atomic E-state index is 12.1. The Morgan fingerprint density at radius 2 is 2.24 bits per heavy atom. The van der Waals surface area contributed by atoms with Crippen molar-refractivity contribution < 1.29 is 22.4 Å². The van der Waals surface area contributed by atoms with Gasteiger partial charge in [0.25, 0.3) is 15.9 Å². The number of pyridine rings is 1. The third-order valence-corrected chi connectivity index (χ3v) is 3.99. The number of methoxy groups -OCH3 is 1. The summed E-state index contributed by atoms with van der Waals surface area (Å²) < 4.78 is 36.2. The Bertz CT molecular complexity index is 737. The van der Waals surface area contributed by atoms with Gasteiger partial charge in [-0.3, -0.25) is 9.78 Å². The highest BCUT2D eigenvalue weighted by molar-refractivity contribution is 7.90. The molecule has 0 saturated carbocycles. The summed E-state index contributed by atoms with van der Waals surface area (Å²) in [5.41, 5.74) is 0.148. The van der Waals surface area contributed by atoms with Crippen LogP contribution in [0.1, 0.15) is 21.9 Å². The number of carbonyl (C=O) groups is 1. The van der Waals surface area contributed by atoms with E-state index in [0.717, 1.165) is 6.20 Å². The number of hydrogen-bond acceptors (Lipinski definition) is 6. The Hall–Kier alpha value is -2.19. The number of nitrogens with zero attached hydrogens (tertiary/aromatic N) is 1. The standard InChI is InChI=1S/C13H14N2O5S/c1-9-12(6-10(20-9)8-19-2)13(16)15-21(17,18)11-4-3-5-14-7-11/h3-7H,8H2,1-2H3,(H,15,16). The first kappa shape index (κ1) is 15.2. The zero-order chi connectivity index (χ0) is 15.5. The summed E-state index contributed by atoms with van der Waals surface area (Å²) in [5.74, 6) is 0.00215. The molecule has 0 unspecified atom stereocenters. The average Bonchev–Trinajstić information content (AvgIpc) is 2.81.